The molecule has 4 aliphatic rings. The minimum absolute atomic E-state index is 0.0333. The van der Waals surface area contributed by atoms with E-state index in [0.29, 0.717) is 11.6 Å². The van der Waals surface area contributed by atoms with Gasteiger partial charge in [0.25, 0.3) is 0 Å². The smallest absolute Gasteiger partial charge is 0.321 e. The number of alkyl halides is 1. The molecule has 4 fully saturated rings. The first-order valence-corrected chi connectivity index (χ1v) is 21.7. The van der Waals surface area contributed by atoms with Crippen molar-refractivity contribution >= 4 is 54.7 Å². The minimum atomic E-state index is -2.97. The number of urea groups is 2. The zero-order valence-corrected chi connectivity index (χ0v) is 30.8. The van der Waals surface area contributed by atoms with E-state index in [-0.39, 0.29) is 61.3 Å². The highest BCUT2D eigenvalue weighted by molar-refractivity contribution is 7.91. The number of piperidine rings is 1. The van der Waals surface area contributed by atoms with Crippen LogP contribution in [0.3, 0.4) is 0 Å². The highest BCUT2D eigenvalue weighted by atomic mass is 35.5. The molecule has 1 aliphatic carbocycles. The number of halogens is 1. The van der Waals surface area contributed by atoms with Crippen molar-refractivity contribution in [3.05, 3.63) is 59.7 Å². The number of nitrogens with one attached hydrogen (secondary N) is 2. The van der Waals surface area contributed by atoms with Gasteiger partial charge < -0.3 is 20.4 Å². The molecule has 0 bridgehead atoms. The second-order valence-corrected chi connectivity index (χ2v) is 18.0. The van der Waals surface area contributed by atoms with Gasteiger partial charge in [-0.15, -0.1) is 11.6 Å². The van der Waals surface area contributed by atoms with Crippen LogP contribution in [-0.2, 0) is 32.1 Å². The number of hydrogen-bond donors (Lipinski definition) is 2. The van der Waals surface area contributed by atoms with Crippen molar-refractivity contribution in [1.29, 1.82) is 0 Å². The molecule has 272 valence electrons. The summed E-state index contributed by atoms with van der Waals surface area (Å²) in [7, 11) is -5.94. The molecule has 6 rings (SSSR count). The second kappa shape index (κ2) is 19.5. The fraction of sp³-hybridized carbons (Fsp3) is 0.600. The third-order valence-corrected chi connectivity index (χ3v) is 12.7. The number of hydrogen-bond acceptors (Lipinski definition) is 7. The van der Waals surface area contributed by atoms with Gasteiger partial charge in [-0.25, -0.2) is 26.4 Å². The summed E-state index contributed by atoms with van der Waals surface area (Å²) in [6.45, 7) is 4.30. The third-order valence-electron chi connectivity index (χ3n) is 9.18. The van der Waals surface area contributed by atoms with Gasteiger partial charge in [0, 0.05) is 50.0 Å². The van der Waals surface area contributed by atoms with Gasteiger partial charge in [-0.1, -0.05) is 69.2 Å². The van der Waals surface area contributed by atoms with Crippen molar-refractivity contribution in [1.82, 2.24) is 14.7 Å². The predicted molar refractivity (Wildman–Crippen MR) is 198 cm³/mol. The van der Waals surface area contributed by atoms with E-state index in [1.54, 1.807) is 17.0 Å². The Morgan fingerprint density at radius 3 is 1.24 bits per heavy atom. The van der Waals surface area contributed by atoms with Crippen LogP contribution in [0.4, 0.5) is 21.0 Å². The number of sulfone groups is 2. The third kappa shape index (κ3) is 14.1. The zero-order chi connectivity index (χ0) is 35.1. The largest absolute Gasteiger partial charge is 0.322 e. The predicted octanol–water partition coefficient (Wildman–Crippen LogP) is 5.96. The van der Waals surface area contributed by atoms with Gasteiger partial charge in [-0.05, 0) is 61.3 Å². The summed E-state index contributed by atoms with van der Waals surface area (Å²) in [4.78, 5) is 29.7. The highest BCUT2D eigenvalue weighted by Gasteiger charge is 2.26. The van der Waals surface area contributed by atoms with Crippen molar-refractivity contribution in [2.24, 2.45) is 0 Å². The molecule has 11 nitrogen and oxygen atoms in total. The fourth-order valence-electron chi connectivity index (χ4n) is 6.04. The Morgan fingerprint density at radius 1 is 0.531 bits per heavy atom. The number of amides is 4. The van der Waals surface area contributed by atoms with Crippen LogP contribution < -0.4 is 10.6 Å². The zero-order valence-electron chi connectivity index (χ0n) is 28.5. The first kappa shape index (κ1) is 38.9. The van der Waals surface area contributed by atoms with Crippen LogP contribution in [0.5, 0.6) is 0 Å². The first-order chi connectivity index (χ1) is 23.5. The van der Waals surface area contributed by atoms with Crippen molar-refractivity contribution in [2.75, 3.05) is 72.9 Å². The van der Waals surface area contributed by atoms with E-state index in [2.05, 4.69) is 15.5 Å². The molecular weight excluding hydrogens is 686 g/mol. The lowest BCUT2D eigenvalue weighted by atomic mass is 10.0. The molecule has 1 saturated carbocycles. The lowest BCUT2D eigenvalue weighted by Gasteiger charge is -2.27. The quantitative estimate of drug-likeness (QED) is 0.362. The molecule has 0 aromatic heterocycles. The van der Waals surface area contributed by atoms with Gasteiger partial charge >= 0.3 is 12.1 Å². The molecule has 3 aliphatic heterocycles. The van der Waals surface area contributed by atoms with Crippen LogP contribution >= 0.6 is 11.6 Å². The molecule has 0 unspecified atom stereocenters. The molecule has 3 saturated heterocycles. The number of rotatable bonds is 5. The first-order valence-electron chi connectivity index (χ1n) is 17.5. The van der Waals surface area contributed by atoms with Crippen molar-refractivity contribution in [3.8, 4) is 0 Å². The Balaban J connectivity index is 0.000000192. The van der Waals surface area contributed by atoms with Crippen LogP contribution in [0.2, 0.25) is 0 Å². The number of likely N-dealkylation sites (tertiary alicyclic amines) is 1. The van der Waals surface area contributed by atoms with Crippen LogP contribution in [-0.4, -0.2) is 106 Å². The Labute approximate surface area is 297 Å². The van der Waals surface area contributed by atoms with E-state index in [0.717, 1.165) is 30.9 Å². The summed E-state index contributed by atoms with van der Waals surface area (Å²) in [6, 6.07) is 14.6. The molecular formula is C35H52ClN5O6S2. The Morgan fingerprint density at radius 2 is 0.878 bits per heavy atom. The summed E-state index contributed by atoms with van der Waals surface area (Å²) in [6.07, 6.45) is 12.9. The monoisotopic (exact) mass is 737 g/mol. The molecule has 49 heavy (non-hydrogen) atoms. The SMILES string of the molecule is C1CCCCC1.O=C(Nc1ccc(CCl)cc1)N1CCS(=O)(=O)CC1.O=C(Nc1ccc(CN2CCCCC2)cc1)N1CCS(=O)(=O)CC1. The van der Waals surface area contributed by atoms with E-state index in [4.69, 9.17) is 11.6 Å². The second-order valence-electron chi connectivity index (χ2n) is 13.1. The fourth-order valence-corrected chi connectivity index (χ4v) is 8.62. The maximum absolute atomic E-state index is 12.2. The summed E-state index contributed by atoms with van der Waals surface area (Å²) in [5.74, 6) is 0.597. The van der Waals surface area contributed by atoms with E-state index in [9.17, 15) is 26.4 Å². The van der Waals surface area contributed by atoms with Crippen LogP contribution in [0, 0.1) is 0 Å². The molecule has 0 radical (unpaired) electrons. The molecule has 14 heteroatoms. The molecule has 3 heterocycles. The summed E-state index contributed by atoms with van der Waals surface area (Å²) < 4.78 is 45.4. The molecule has 0 spiro atoms. The Hall–Kier alpha value is -2.87. The van der Waals surface area contributed by atoms with E-state index >= 15 is 0 Å². The van der Waals surface area contributed by atoms with Gasteiger partial charge in [0.05, 0.1) is 23.0 Å². The normalized spacial score (nSPS) is 20.4. The lowest BCUT2D eigenvalue weighted by Crippen LogP contribution is -2.45. The van der Waals surface area contributed by atoms with Crippen molar-refractivity contribution in [3.63, 3.8) is 0 Å². The molecule has 2 N–H and O–H groups in total. The molecule has 2 aromatic carbocycles. The van der Waals surface area contributed by atoms with Crippen molar-refractivity contribution < 1.29 is 26.4 Å². The van der Waals surface area contributed by atoms with Crippen molar-refractivity contribution in [2.45, 2.75) is 70.2 Å². The number of carbonyl (C=O) groups is 2. The Kier molecular flexibility index (Phi) is 15.5. The molecule has 0 atom stereocenters. The van der Waals surface area contributed by atoms with Crippen LogP contribution in [0.25, 0.3) is 0 Å². The average molecular weight is 738 g/mol. The summed E-state index contributed by atoms with van der Waals surface area (Å²) in [5.41, 5.74) is 3.64. The van der Waals surface area contributed by atoms with Gasteiger partial charge in [0.15, 0.2) is 19.7 Å². The lowest BCUT2D eigenvalue weighted by molar-refractivity contribution is 0.215. The van der Waals surface area contributed by atoms with Gasteiger partial charge in [-0.2, -0.15) is 0 Å². The van der Waals surface area contributed by atoms with E-state index < -0.39 is 19.7 Å². The summed E-state index contributed by atoms with van der Waals surface area (Å²) >= 11 is 5.68. The number of carbonyl (C=O) groups excluding carboxylic acids is 2. The van der Waals surface area contributed by atoms with Gasteiger partial charge in [0.2, 0.25) is 0 Å². The minimum Gasteiger partial charge on any atom is -0.322 e. The summed E-state index contributed by atoms with van der Waals surface area (Å²) in [5, 5.41) is 5.59. The van der Waals surface area contributed by atoms with Gasteiger partial charge in [-0.3, -0.25) is 4.90 Å². The van der Waals surface area contributed by atoms with E-state index in [1.807, 2.05) is 36.4 Å². The van der Waals surface area contributed by atoms with Crippen LogP contribution in [0.15, 0.2) is 48.5 Å². The number of nitrogens with zero attached hydrogens (tertiary/aromatic N) is 3. The molecule has 2 aromatic rings. The molecule has 4 amide bonds. The maximum Gasteiger partial charge on any atom is 0.321 e. The standard InChI is InChI=1S/C17H25N3O3S.C12H15ClN2O3S.C6H12/c21-17(20-10-12-24(22,23)13-11-20)18-16-6-4-15(5-7-16)14-19-8-2-1-3-9-19;13-9-10-1-3-11(4-2-10)14-12(16)15-5-7-19(17,18)8-6-15;1-2-4-6-5-3-1/h4-7H,1-3,8-14H2,(H,18,21);1-4H,5-9H2,(H,14,16);1-6H2. The average Bonchev–Trinajstić information content (AvgIpc) is 3.11. The topological polar surface area (TPSA) is 136 Å². The maximum atomic E-state index is 12.2. The van der Waals surface area contributed by atoms with E-state index in [1.165, 1.54) is 68.3 Å². The number of benzene rings is 2. The highest BCUT2D eigenvalue weighted by Crippen LogP contribution is 2.17. The Bertz CT molecular complexity index is 1510. The number of anilines is 2. The van der Waals surface area contributed by atoms with Crippen LogP contribution in [0.1, 0.15) is 68.9 Å². The van der Waals surface area contributed by atoms with Gasteiger partial charge in [0.1, 0.15) is 0 Å².